The predicted molar refractivity (Wildman–Crippen MR) is 82.6 cm³/mol. The molecule has 0 aliphatic carbocycles. The molecule has 1 aliphatic rings. The second-order valence-corrected chi connectivity index (χ2v) is 7.02. The van der Waals surface area contributed by atoms with Crippen molar-refractivity contribution in [1.82, 2.24) is 9.55 Å². The van der Waals surface area contributed by atoms with Gasteiger partial charge in [0.15, 0.2) is 6.23 Å². The van der Waals surface area contributed by atoms with Crippen molar-refractivity contribution in [3.8, 4) is 0 Å². The summed E-state index contributed by atoms with van der Waals surface area (Å²) in [5, 5.41) is 9.40. The first kappa shape index (κ1) is 16.3. The third-order valence-corrected chi connectivity index (χ3v) is 4.83. The molecule has 0 bridgehead atoms. The molecule has 0 amide bonds. The van der Waals surface area contributed by atoms with E-state index in [1.165, 1.54) is 16.8 Å². The summed E-state index contributed by atoms with van der Waals surface area (Å²) in [5.74, 6) is 1.61. The van der Waals surface area contributed by atoms with Crippen LogP contribution in [0.4, 0.5) is 0 Å². The van der Waals surface area contributed by atoms with Crippen molar-refractivity contribution in [1.29, 1.82) is 0 Å². The van der Waals surface area contributed by atoms with Crippen LogP contribution >= 0.6 is 11.8 Å². The first-order valence-corrected chi connectivity index (χ1v) is 8.25. The van der Waals surface area contributed by atoms with Crippen LogP contribution in [-0.4, -0.2) is 38.4 Å². The van der Waals surface area contributed by atoms with Gasteiger partial charge in [0.1, 0.15) is 0 Å². The second-order valence-electron chi connectivity index (χ2n) is 5.68. The van der Waals surface area contributed by atoms with E-state index in [2.05, 4.69) is 18.8 Å². The van der Waals surface area contributed by atoms with Crippen LogP contribution in [-0.2, 0) is 4.74 Å². The van der Waals surface area contributed by atoms with Crippen LogP contribution in [0.1, 0.15) is 32.9 Å². The molecule has 7 heteroatoms. The molecule has 2 rings (SSSR count). The first-order valence-electron chi connectivity index (χ1n) is 7.20. The van der Waals surface area contributed by atoms with Crippen LogP contribution in [0.15, 0.2) is 21.9 Å². The molecular weight excluding hydrogens is 292 g/mol. The van der Waals surface area contributed by atoms with Crippen LogP contribution in [0.5, 0.6) is 0 Å². The maximum Gasteiger partial charge on any atom is 0.330 e. The Bertz CT molecular complexity index is 569. The molecule has 1 unspecified atom stereocenters. The molecule has 3 atom stereocenters. The lowest BCUT2D eigenvalue weighted by molar-refractivity contribution is -0.0234. The lowest BCUT2D eigenvalue weighted by Crippen LogP contribution is -2.34. The summed E-state index contributed by atoms with van der Waals surface area (Å²) in [6.45, 7) is 4.29. The summed E-state index contributed by atoms with van der Waals surface area (Å²) in [6.07, 6.45) is 2.56. The number of H-pyrrole nitrogens is 1. The summed E-state index contributed by atoms with van der Waals surface area (Å²) in [6, 6.07) is 1.31. The van der Waals surface area contributed by atoms with Gasteiger partial charge in [-0.1, -0.05) is 13.8 Å². The number of hydrogen-bond acceptors (Lipinski definition) is 5. The molecule has 1 aromatic rings. The Morgan fingerprint density at radius 3 is 2.90 bits per heavy atom. The molecule has 0 saturated carbocycles. The van der Waals surface area contributed by atoms with Gasteiger partial charge in [-0.2, -0.15) is 11.8 Å². The molecule has 0 spiro atoms. The predicted octanol–water partition coefficient (Wildman–Crippen LogP) is 0.964. The third kappa shape index (κ3) is 4.21. The van der Waals surface area contributed by atoms with Crippen molar-refractivity contribution in [2.45, 2.75) is 44.3 Å². The largest absolute Gasteiger partial charge is 0.394 e. The number of aromatic nitrogens is 2. The van der Waals surface area contributed by atoms with Crippen LogP contribution in [0.3, 0.4) is 0 Å². The van der Waals surface area contributed by atoms with E-state index in [9.17, 15) is 14.7 Å². The monoisotopic (exact) mass is 314 g/mol. The number of ether oxygens (including phenoxy) is 1. The fourth-order valence-corrected chi connectivity index (χ4v) is 3.93. The van der Waals surface area contributed by atoms with Crippen molar-refractivity contribution >= 4 is 11.8 Å². The minimum atomic E-state index is -0.472. The maximum atomic E-state index is 11.9. The van der Waals surface area contributed by atoms with E-state index >= 15 is 0 Å². The molecule has 2 heterocycles. The molecule has 118 valence electrons. The van der Waals surface area contributed by atoms with Crippen LogP contribution < -0.4 is 11.2 Å². The van der Waals surface area contributed by atoms with Gasteiger partial charge in [0, 0.05) is 12.3 Å². The quantitative estimate of drug-likeness (QED) is 0.817. The molecule has 0 aromatic carbocycles. The first-order chi connectivity index (χ1) is 10.0. The lowest BCUT2D eigenvalue weighted by Gasteiger charge is -2.20. The lowest BCUT2D eigenvalue weighted by atomic mass is 10.2. The number of aromatic amines is 1. The molecule has 1 saturated heterocycles. The van der Waals surface area contributed by atoms with E-state index in [0.717, 1.165) is 12.2 Å². The summed E-state index contributed by atoms with van der Waals surface area (Å²) >= 11 is 1.76. The Balaban J connectivity index is 2.13. The van der Waals surface area contributed by atoms with Gasteiger partial charge in [-0.05, 0) is 24.5 Å². The zero-order valence-corrected chi connectivity index (χ0v) is 13.1. The van der Waals surface area contributed by atoms with E-state index in [1.807, 2.05) is 0 Å². The number of rotatable bonds is 6. The van der Waals surface area contributed by atoms with E-state index < -0.39 is 17.5 Å². The highest BCUT2D eigenvalue weighted by molar-refractivity contribution is 7.99. The zero-order valence-electron chi connectivity index (χ0n) is 12.3. The third-order valence-electron chi connectivity index (χ3n) is 3.50. The molecule has 21 heavy (non-hydrogen) atoms. The van der Waals surface area contributed by atoms with E-state index in [0.29, 0.717) is 12.3 Å². The highest BCUT2D eigenvalue weighted by Crippen LogP contribution is 2.37. The zero-order chi connectivity index (χ0) is 15.4. The Hall–Kier alpha value is -1.05. The van der Waals surface area contributed by atoms with Crippen LogP contribution in [0.2, 0.25) is 0 Å². The fourth-order valence-electron chi connectivity index (χ4n) is 2.31. The molecule has 0 radical (unpaired) electrons. The van der Waals surface area contributed by atoms with Crippen molar-refractivity contribution in [3.05, 3.63) is 33.1 Å². The van der Waals surface area contributed by atoms with Gasteiger partial charge in [0.2, 0.25) is 0 Å². The van der Waals surface area contributed by atoms with Crippen molar-refractivity contribution < 1.29 is 9.84 Å². The molecule has 2 N–H and O–H groups in total. The Morgan fingerprint density at radius 1 is 1.52 bits per heavy atom. The number of aliphatic hydroxyl groups excluding tert-OH is 1. The summed E-state index contributed by atoms with van der Waals surface area (Å²) < 4.78 is 7.16. The maximum absolute atomic E-state index is 11.9. The smallest absolute Gasteiger partial charge is 0.330 e. The highest BCUT2D eigenvalue weighted by atomic mass is 32.2. The molecule has 1 fully saturated rings. The van der Waals surface area contributed by atoms with Gasteiger partial charge in [-0.25, -0.2) is 4.79 Å². The number of thioether (sulfide) groups is 1. The SMILES string of the molecule is CC(C)CCSC1C[C@@H](CO)O[C@H]1n1ccc(=O)[nH]c1=O. The van der Waals surface area contributed by atoms with E-state index in [4.69, 9.17) is 4.74 Å². The average molecular weight is 314 g/mol. The van der Waals surface area contributed by atoms with Gasteiger partial charge in [0.25, 0.3) is 5.56 Å². The van der Waals surface area contributed by atoms with Gasteiger partial charge in [-0.15, -0.1) is 0 Å². The van der Waals surface area contributed by atoms with Gasteiger partial charge in [0.05, 0.1) is 18.0 Å². The topological polar surface area (TPSA) is 84.3 Å². The minimum Gasteiger partial charge on any atom is -0.394 e. The van der Waals surface area contributed by atoms with Crippen LogP contribution in [0.25, 0.3) is 0 Å². The summed E-state index contributed by atoms with van der Waals surface area (Å²) in [4.78, 5) is 25.3. The van der Waals surface area contributed by atoms with Gasteiger partial charge < -0.3 is 9.84 Å². The van der Waals surface area contributed by atoms with Crippen molar-refractivity contribution in [2.75, 3.05) is 12.4 Å². The second kappa shape index (κ2) is 7.29. The average Bonchev–Trinajstić information content (AvgIpc) is 2.81. The summed E-state index contributed by atoms with van der Waals surface area (Å²) in [5.41, 5.74) is -0.891. The molecule has 1 aliphatic heterocycles. The number of nitrogens with zero attached hydrogens (tertiary/aromatic N) is 1. The van der Waals surface area contributed by atoms with Crippen molar-refractivity contribution in [3.63, 3.8) is 0 Å². The Kier molecular flexibility index (Phi) is 5.66. The highest BCUT2D eigenvalue weighted by Gasteiger charge is 2.36. The Morgan fingerprint density at radius 2 is 2.29 bits per heavy atom. The van der Waals surface area contributed by atoms with Crippen LogP contribution in [0, 0.1) is 5.92 Å². The van der Waals surface area contributed by atoms with Gasteiger partial charge in [-0.3, -0.25) is 14.3 Å². The van der Waals surface area contributed by atoms with Gasteiger partial charge >= 0.3 is 5.69 Å². The van der Waals surface area contributed by atoms with E-state index in [-0.39, 0.29) is 18.0 Å². The number of hydrogen-bond donors (Lipinski definition) is 2. The molecule has 6 nitrogen and oxygen atoms in total. The standard InChI is InChI=1S/C14H22N2O4S/c1-9(2)4-6-21-11-7-10(8-17)20-13(11)16-5-3-12(18)15-14(16)19/h3,5,9-11,13,17H,4,6-8H2,1-2H3,(H,15,18,19)/t10-,11?,13+/m0/s1. The van der Waals surface area contributed by atoms with Crippen molar-refractivity contribution in [2.24, 2.45) is 5.92 Å². The van der Waals surface area contributed by atoms with E-state index in [1.54, 1.807) is 11.8 Å². The number of nitrogens with one attached hydrogen (secondary N) is 1. The fraction of sp³-hybridized carbons (Fsp3) is 0.714. The normalized spacial score (nSPS) is 25.6. The summed E-state index contributed by atoms with van der Waals surface area (Å²) in [7, 11) is 0. The molecular formula is C14H22N2O4S. The minimum absolute atomic E-state index is 0.0597. The number of aliphatic hydroxyl groups is 1. The Labute approximate surface area is 127 Å². The molecule has 1 aromatic heterocycles.